The van der Waals surface area contributed by atoms with E-state index in [0.29, 0.717) is 5.88 Å². The lowest BCUT2D eigenvalue weighted by Gasteiger charge is -2.10. The van der Waals surface area contributed by atoms with Crippen LogP contribution < -0.4 is 10.5 Å². The molecule has 2 aromatic heterocycles. The van der Waals surface area contributed by atoms with Crippen molar-refractivity contribution >= 4 is 27.2 Å². The van der Waals surface area contributed by atoms with Crippen molar-refractivity contribution in [1.82, 2.24) is 9.97 Å². The Morgan fingerprint density at radius 1 is 1.16 bits per heavy atom. The predicted octanol–water partition coefficient (Wildman–Crippen LogP) is 3.68. The fraction of sp³-hybridized carbons (Fsp3) is 0.143. The van der Waals surface area contributed by atoms with Crippen molar-refractivity contribution < 1.29 is 4.74 Å². The average Bonchev–Trinajstić information content (AvgIpc) is 2.85. The number of thiophene rings is 1. The molecular weight excluding hydrogens is 258 g/mol. The zero-order valence-corrected chi connectivity index (χ0v) is 11.5. The van der Waals surface area contributed by atoms with Crippen LogP contribution in [0.5, 0.6) is 11.6 Å². The number of hydrogen-bond acceptors (Lipinski definition) is 5. The maximum absolute atomic E-state index is 5.92. The second-order valence-electron chi connectivity index (χ2n) is 4.39. The van der Waals surface area contributed by atoms with Gasteiger partial charge in [-0.3, -0.25) is 0 Å². The minimum absolute atomic E-state index is 0.590. The molecule has 3 aromatic rings. The summed E-state index contributed by atoms with van der Waals surface area (Å²) < 4.78 is 6.88. The number of rotatable bonds is 2. The van der Waals surface area contributed by atoms with E-state index in [0.717, 1.165) is 32.8 Å². The molecule has 96 valence electrons. The van der Waals surface area contributed by atoms with Gasteiger partial charge in [-0.1, -0.05) is 0 Å². The highest BCUT2D eigenvalue weighted by Gasteiger charge is 2.10. The summed E-state index contributed by atoms with van der Waals surface area (Å²) in [5.74, 6) is 1.37. The Balaban J connectivity index is 2.06. The Morgan fingerprint density at radius 2 is 2.00 bits per heavy atom. The van der Waals surface area contributed by atoms with Crippen LogP contribution in [0.2, 0.25) is 0 Å². The number of fused-ring (bicyclic) bond motifs is 1. The van der Waals surface area contributed by atoms with Crippen molar-refractivity contribution in [2.24, 2.45) is 0 Å². The quantitative estimate of drug-likeness (QED) is 0.722. The van der Waals surface area contributed by atoms with Crippen molar-refractivity contribution in [2.45, 2.75) is 13.8 Å². The number of aryl methyl sites for hydroxylation is 2. The van der Waals surface area contributed by atoms with Crippen LogP contribution in [0.4, 0.5) is 5.69 Å². The van der Waals surface area contributed by atoms with Gasteiger partial charge in [0.2, 0.25) is 5.88 Å². The molecule has 2 N–H and O–H groups in total. The normalized spacial score (nSPS) is 10.8. The second-order valence-corrected chi connectivity index (χ2v) is 5.31. The maximum Gasteiger partial charge on any atom is 0.240 e. The van der Waals surface area contributed by atoms with Gasteiger partial charge in [-0.05, 0) is 48.6 Å². The van der Waals surface area contributed by atoms with Gasteiger partial charge in [-0.25, -0.2) is 9.97 Å². The van der Waals surface area contributed by atoms with Crippen LogP contribution in [0.25, 0.3) is 10.2 Å². The molecule has 3 rings (SSSR count). The number of hydrogen-bond donors (Lipinski definition) is 1. The van der Waals surface area contributed by atoms with Crippen LogP contribution in [0.1, 0.15) is 11.1 Å². The lowest BCUT2D eigenvalue weighted by molar-refractivity contribution is 0.465. The Kier molecular flexibility index (Phi) is 2.83. The standard InChI is InChI=1S/C14H13N3OS/c1-8-6-12(9(2)5-10(8)15)18-14-13-11(3-4-19-13)16-7-17-14/h3-7H,15H2,1-2H3. The number of anilines is 1. The third-order valence-corrected chi connectivity index (χ3v) is 3.87. The molecule has 0 aliphatic carbocycles. The number of benzene rings is 1. The van der Waals surface area contributed by atoms with Crippen molar-refractivity contribution in [2.75, 3.05) is 5.73 Å². The first-order valence-electron chi connectivity index (χ1n) is 5.88. The zero-order valence-electron chi connectivity index (χ0n) is 10.7. The monoisotopic (exact) mass is 271 g/mol. The Bertz CT molecular complexity index is 752. The number of nitrogen functional groups attached to an aromatic ring is 1. The van der Waals surface area contributed by atoms with Crippen LogP contribution in [-0.4, -0.2) is 9.97 Å². The van der Waals surface area contributed by atoms with Crippen molar-refractivity contribution in [3.05, 3.63) is 41.0 Å². The van der Waals surface area contributed by atoms with E-state index in [1.54, 1.807) is 11.3 Å². The van der Waals surface area contributed by atoms with Gasteiger partial charge in [0, 0.05) is 5.69 Å². The van der Waals surface area contributed by atoms with Gasteiger partial charge in [0.15, 0.2) is 0 Å². The molecular formula is C14H13N3OS. The second kappa shape index (κ2) is 4.51. The summed E-state index contributed by atoms with van der Waals surface area (Å²) in [6.45, 7) is 3.93. The fourth-order valence-electron chi connectivity index (χ4n) is 1.87. The molecule has 0 bridgehead atoms. The number of ether oxygens (including phenoxy) is 1. The molecule has 1 aromatic carbocycles. The molecule has 0 aliphatic rings. The van der Waals surface area contributed by atoms with Crippen molar-refractivity contribution in [1.29, 1.82) is 0 Å². The Labute approximate surface area is 114 Å². The van der Waals surface area contributed by atoms with Crippen molar-refractivity contribution in [3.8, 4) is 11.6 Å². The molecule has 0 amide bonds. The van der Waals surface area contributed by atoms with E-state index in [4.69, 9.17) is 10.5 Å². The van der Waals surface area contributed by atoms with Crippen LogP contribution in [0.15, 0.2) is 29.9 Å². The number of nitrogens with two attached hydrogens (primary N) is 1. The van der Waals surface area contributed by atoms with E-state index in [-0.39, 0.29) is 0 Å². The summed E-state index contributed by atoms with van der Waals surface area (Å²) in [5, 5.41) is 1.98. The first kappa shape index (κ1) is 11.9. The summed E-state index contributed by atoms with van der Waals surface area (Å²) in [5.41, 5.74) is 9.54. The molecule has 4 nitrogen and oxygen atoms in total. The maximum atomic E-state index is 5.92. The summed E-state index contributed by atoms with van der Waals surface area (Å²) in [4.78, 5) is 8.41. The lowest BCUT2D eigenvalue weighted by atomic mass is 10.1. The molecule has 0 aliphatic heterocycles. The van der Waals surface area contributed by atoms with E-state index in [2.05, 4.69) is 9.97 Å². The highest BCUT2D eigenvalue weighted by atomic mass is 32.1. The number of aromatic nitrogens is 2. The first-order chi connectivity index (χ1) is 9.15. The minimum Gasteiger partial charge on any atom is -0.437 e. The van der Waals surface area contributed by atoms with Gasteiger partial charge in [0.25, 0.3) is 0 Å². The lowest BCUT2D eigenvalue weighted by Crippen LogP contribution is -1.95. The van der Waals surface area contributed by atoms with E-state index >= 15 is 0 Å². The largest absolute Gasteiger partial charge is 0.437 e. The van der Waals surface area contributed by atoms with Gasteiger partial charge in [-0.15, -0.1) is 11.3 Å². The third-order valence-electron chi connectivity index (χ3n) is 2.98. The van der Waals surface area contributed by atoms with E-state index in [1.807, 2.05) is 37.4 Å². The molecule has 0 fully saturated rings. The van der Waals surface area contributed by atoms with E-state index < -0.39 is 0 Å². The minimum atomic E-state index is 0.590. The summed E-state index contributed by atoms with van der Waals surface area (Å²) in [6.07, 6.45) is 1.52. The topological polar surface area (TPSA) is 61.0 Å². The summed E-state index contributed by atoms with van der Waals surface area (Å²) >= 11 is 1.57. The van der Waals surface area contributed by atoms with Gasteiger partial charge >= 0.3 is 0 Å². The molecule has 0 radical (unpaired) electrons. The molecule has 2 heterocycles. The molecule has 0 saturated carbocycles. The van der Waals surface area contributed by atoms with Crippen LogP contribution in [-0.2, 0) is 0 Å². The zero-order chi connectivity index (χ0) is 13.4. The highest BCUT2D eigenvalue weighted by Crippen LogP contribution is 2.33. The third kappa shape index (κ3) is 2.13. The highest BCUT2D eigenvalue weighted by molar-refractivity contribution is 7.17. The Morgan fingerprint density at radius 3 is 2.84 bits per heavy atom. The molecule has 0 unspecified atom stereocenters. The average molecular weight is 271 g/mol. The van der Waals surface area contributed by atoms with E-state index in [9.17, 15) is 0 Å². The first-order valence-corrected chi connectivity index (χ1v) is 6.76. The Hall–Kier alpha value is -2.14. The predicted molar refractivity (Wildman–Crippen MR) is 77.8 cm³/mol. The van der Waals surface area contributed by atoms with Gasteiger partial charge in [0.05, 0.1) is 5.52 Å². The summed E-state index contributed by atoms with van der Waals surface area (Å²) in [7, 11) is 0. The van der Waals surface area contributed by atoms with Gasteiger partial charge in [-0.2, -0.15) is 0 Å². The van der Waals surface area contributed by atoms with Crippen molar-refractivity contribution in [3.63, 3.8) is 0 Å². The van der Waals surface area contributed by atoms with Gasteiger partial charge < -0.3 is 10.5 Å². The molecule has 0 saturated heterocycles. The molecule has 0 atom stereocenters. The summed E-state index contributed by atoms with van der Waals surface area (Å²) in [6, 6.07) is 5.80. The molecule has 0 spiro atoms. The van der Waals surface area contributed by atoms with E-state index in [1.165, 1.54) is 6.33 Å². The SMILES string of the molecule is Cc1cc(Oc2ncnc3ccsc23)c(C)cc1N. The molecule has 19 heavy (non-hydrogen) atoms. The van der Waals surface area contributed by atoms with Crippen LogP contribution >= 0.6 is 11.3 Å². The van der Waals surface area contributed by atoms with Crippen LogP contribution in [0, 0.1) is 13.8 Å². The fourth-order valence-corrected chi connectivity index (χ4v) is 2.63. The number of nitrogens with zero attached hydrogens (tertiary/aromatic N) is 2. The molecule has 5 heteroatoms. The smallest absolute Gasteiger partial charge is 0.240 e. The van der Waals surface area contributed by atoms with Crippen LogP contribution in [0.3, 0.4) is 0 Å². The van der Waals surface area contributed by atoms with Gasteiger partial charge in [0.1, 0.15) is 16.8 Å².